The third kappa shape index (κ3) is 4.11. The molecule has 0 saturated carbocycles. The van der Waals surface area contributed by atoms with E-state index in [9.17, 15) is 9.90 Å². The van der Waals surface area contributed by atoms with Crippen LogP contribution in [0.15, 0.2) is 18.2 Å². The first-order chi connectivity index (χ1) is 7.63. The van der Waals surface area contributed by atoms with Crippen LogP contribution >= 0.6 is 11.6 Å². The van der Waals surface area contributed by atoms with Gasteiger partial charge in [-0.25, -0.2) is 0 Å². The van der Waals surface area contributed by atoms with Gasteiger partial charge in [0.15, 0.2) is 0 Å². The molecule has 0 aliphatic carbocycles. The van der Waals surface area contributed by atoms with E-state index in [1.807, 2.05) is 6.92 Å². The maximum absolute atomic E-state index is 11.5. The first kappa shape index (κ1) is 12.8. The van der Waals surface area contributed by atoms with Crippen LogP contribution in [0.1, 0.15) is 24.8 Å². The SMILES string of the molecule is Cc1cc(O)ccc1NC(=O)CCCCCl. The van der Waals surface area contributed by atoms with E-state index in [1.165, 1.54) is 0 Å². The van der Waals surface area contributed by atoms with Gasteiger partial charge >= 0.3 is 0 Å². The maximum atomic E-state index is 11.5. The highest BCUT2D eigenvalue weighted by Gasteiger charge is 2.04. The molecule has 1 amide bonds. The molecule has 16 heavy (non-hydrogen) atoms. The molecular weight excluding hydrogens is 226 g/mol. The van der Waals surface area contributed by atoms with E-state index in [0.717, 1.165) is 24.1 Å². The van der Waals surface area contributed by atoms with Crippen molar-refractivity contribution in [2.24, 2.45) is 0 Å². The molecule has 0 spiro atoms. The Morgan fingerprint density at radius 2 is 2.19 bits per heavy atom. The predicted molar refractivity (Wildman–Crippen MR) is 66.0 cm³/mol. The van der Waals surface area contributed by atoms with Crippen LogP contribution in [0.4, 0.5) is 5.69 Å². The van der Waals surface area contributed by atoms with Crippen molar-refractivity contribution < 1.29 is 9.90 Å². The summed E-state index contributed by atoms with van der Waals surface area (Å²) in [5.74, 6) is 0.780. The van der Waals surface area contributed by atoms with Crippen molar-refractivity contribution in [3.05, 3.63) is 23.8 Å². The molecule has 88 valence electrons. The zero-order valence-corrected chi connectivity index (χ0v) is 10.0. The Hall–Kier alpha value is -1.22. The van der Waals surface area contributed by atoms with E-state index in [-0.39, 0.29) is 11.7 Å². The minimum Gasteiger partial charge on any atom is -0.508 e. The number of rotatable bonds is 5. The summed E-state index contributed by atoms with van der Waals surface area (Å²) in [6.07, 6.45) is 2.13. The van der Waals surface area contributed by atoms with Crippen LogP contribution in [0, 0.1) is 6.92 Å². The monoisotopic (exact) mass is 241 g/mol. The van der Waals surface area contributed by atoms with Gasteiger partial charge in [0, 0.05) is 18.0 Å². The quantitative estimate of drug-likeness (QED) is 0.473. The van der Waals surface area contributed by atoms with Gasteiger partial charge < -0.3 is 10.4 Å². The molecule has 0 aliphatic heterocycles. The average Bonchev–Trinajstić information content (AvgIpc) is 2.23. The van der Waals surface area contributed by atoms with Gasteiger partial charge in [0.2, 0.25) is 5.91 Å². The number of carbonyl (C=O) groups excluding carboxylic acids is 1. The highest BCUT2D eigenvalue weighted by Crippen LogP contribution is 2.20. The lowest BCUT2D eigenvalue weighted by Gasteiger charge is -2.08. The van der Waals surface area contributed by atoms with Crippen LogP contribution in [-0.4, -0.2) is 16.9 Å². The number of hydrogen-bond donors (Lipinski definition) is 2. The fourth-order valence-corrected chi connectivity index (χ4v) is 1.57. The zero-order valence-electron chi connectivity index (χ0n) is 9.29. The lowest BCUT2D eigenvalue weighted by molar-refractivity contribution is -0.116. The van der Waals surface area contributed by atoms with Crippen molar-refractivity contribution >= 4 is 23.2 Å². The molecule has 1 aromatic rings. The van der Waals surface area contributed by atoms with Gasteiger partial charge in [0.1, 0.15) is 5.75 Å². The van der Waals surface area contributed by atoms with Crippen molar-refractivity contribution in [3.63, 3.8) is 0 Å². The number of aromatic hydroxyl groups is 1. The predicted octanol–water partition coefficient (Wildman–Crippen LogP) is 3.05. The molecular formula is C12H16ClNO2. The van der Waals surface area contributed by atoms with E-state index >= 15 is 0 Å². The molecule has 0 aliphatic rings. The van der Waals surface area contributed by atoms with Gasteiger partial charge in [-0.3, -0.25) is 4.79 Å². The van der Waals surface area contributed by atoms with Gasteiger partial charge in [0.05, 0.1) is 0 Å². The van der Waals surface area contributed by atoms with E-state index in [2.05, 4.69) is 5.32 Å². The summed E-state index contributed by atoms with van der Waals surface area (Å²) in [6, 6.07) is 4.87. The molecule has 0 fully saturated rings. The van der Waals surface area contributed by atoms with E-state index in [1.54, 1.807) is 18.2 Å². The summed E-state index contributed by atoms with van der Waals surface area (Å²) in [6.45, 7) is 1.84. The number of phenols is 1. The molecule has 1 rings (SSSR count). The number of nitrogens with one attached hydrogen (secondary N) is 1. The van der Waals surface area contributed by atoms with E-state index in [4.69, 9.17) is 11.6 Å². The van der Waals surface area contributed by atoms with Gasteiger partial charge in [-0.15, -0.1) is 11.6 Å². The van der Waals surface area contributed by atoms with Crippen molar-refractivity contribution in [2.75, 3.05) is 11.2 Å². The maximum Gasteiger partial charge on any atom is 0.224 e. The second-order valence-corrected chi connectivity index (χ2v) is 4.07. The molecule has 0 heterocycles. The van der Waals surface area contributed by atoms with Crippen molar-refractivity contribution in [3.8, 4) is 5.75 Å². The molecule has 0 aromatic heterocycles. The molecule has 0 unspecified atom stereocenters. The number of phenolic OH excluding ortho intramolecular Hbond substituents is 1. The van der Waals surface area contributed by atoms with Gasteiger partial charge in [-0.05, 0) is 43.5 Å². The number of halogens is 1. The first-order valence-electron chi connectivity index (χ1n) is 5.29. The van der Waals surface area contributed by atoms with E-state index < -0.39 is 0 Å². The first-order valence-corrected chi connectivity index (χ1v) is 5.82. The van der Waals surface area contributed by atoms with Crippen LogP contribution in [0.3, 0.4) is 0 Å². The Labute approximate surface area is 100 Å². The Morgan fingerprint density at radius 3 is 2.81 bits per heavy atom. The Kier molecular flexibility index (Phi) is 5.12. The molecule has 0 saturated heterocycles. The number of benzene rings is 1. The normalized spacial score (nSPS) is 10.1. The zero-order chi connectivity index (χ0) is 12.0. The van der Waals surface area contributed by atoms with Gasteiger partial charge in [-0.1, -0.05) is 0 Å². The van der Waals surface area contributed by atoms with Crippen LogP contribution < -0.4 is 5.32 Å². The molecule has 3 nitrogen and oxygen atoms in total. The summed E-state index contributed by atoms with van der Waals surface area (Å²) >= 11 is 5.53. The van der Waals surface area contributed by atoms with Crippen molar-refractivity contribution in [1.29, 1.82) is 0 Å². The summed E-state index contributed by atoms with van der Waals surface area (Å²) in [5, 5.41) is 12.0. The Balaban J connectivity index is 2.49. The summed E-state index contributed by atoms with van der Waals surface area (Å²) in [7, 11) is 0. The topological polar surface area (TPSA) is 49.3 Å². The minimum absolute atomic E-state index is 0.0149. The highest BCUT2D eigenvalue weighted by atomic mass is 35.5. The second kappa shape index (κ2) is 6.38. The molecule has 1 aromatic carbocycles. The lowest BCUT2D eigenvalue weighted by Crippen LogP contribution is -2.11. The summed E-state index contributed by atoms with van der Waals surface area (Å²) in [4.78, 5) is 11.5. The lowest BCUT2D eigenvalue weighted by atomic mass is 10.2. The number of carbonyl (C=O) groups is 1. The number of aryl methyl sites for hydroxylation is 1. The number of alkyl halides is 1. The van der Waals surface area contributed by atoms with Crippen LogP contribution in [0.5, 0.6) is 5.75 Å². The third-order valence-electron chi connectivity index (χ3n) is 2.27. The second-order valence-electron chi connectivity index (χ2n) is 3.69. The van der Waals surface area contributed by atoms with Gasteiger partial charge in [-0.2, -0.15) is 0 Å². The molecule has 4 heteroatoms. The summed E-state index contributed by atoms with van der Waals surface area (Å²) in [5.41, 5.74) is 1.60. The Morgan fingerprint density at radius 1 is 1.44 bits per heavy atom. The van der Waals surface area contributed by atoms with Crippen molar-refractivity contribution in [1.82, 2.24) is 0 Å². The smallest absolute Gasteiger partial charge is 0.224 e. The van der Waals surface area contributed by atoms with E-state index in [0.29, 0.717) is 12.3 Å². The average molecular weight is 242 g/mol. The molecule has 0 atom stereocenters. The molecule has 0 radical (unpaired) electrons. The Bertz CT molecular complexity index is 366. The number of hydrogen-bond acceptors (Lipinski definition) is 2. The standard InChI is InChI=1S/C12H16ClNO2/c1-9-8-10(15)5-6-11(9)14-12(16)4-2-3-7-13/h5-6,8,15H,2-4,7H2,1H3,(H,14,16). The number of anilines is 1. The van der Waals surface area contributed by atoms with Crippen LogP contribution in [0.2, 0.25) is 0 Å². The largest absolute Gasteiger partial charge is 0.508 e. The molecule has 0 bridgehead atoms. The number of amides is 1. The fraction of sp³-hybridized carbons (Fsp3) is 0.417. The van der Waals surface area contributed by atoms with Crippen LogP contribution in [-0.2, 0) is 4.79 Å². The minimum atomic E-state index is -0.0149. The van der Waals surface area contributed by atoms with Crippen molar-refractivity contribution in [2.45, 2.75) is 26.2 Å². The fourth-order valence-electron chi connectivity index (χ4n) is 1.38. The third-order valence-corrected chi connectivity index (χ3v) is 2.54. The summed E-state index contributed by atoms with van der Waals surface area (Å²) < 4.78 is 0. The molecule has 2 N–H and O–H groups in total. The highest BCUT2D eigenvalue weighted by molar-refractivity contribution is 6.17. The van der Waals surface area contributed by atoms with Gasteiger partial charge in [0.25, 0.3) is 0 Å². The number of unbranched alkanes of at least 4 members (excludes halogenated alkanes) is 1. The van der Waals surface area contributed by atoms with Crippen LogP contribution in [0.25, 0.3) is 0 Å².